The second-order valence-corrected chi connectivity index (χ2v) is 7.29. The molecule has 2 rings (SSSR count). The second-order valence-electron chi connectivity index (χ2n) is 7.29. The third-order valence-corrected chi connectivity index (χ3v) is 4.33. The molecule has 0 bridgehead atoms. The van der Waals surface area contributed by atoms with E-state index in [-0.39, 0.29) is 11.6 Å². The van der Waals surface area contributed by atoms with E-state index in [0.29, 0.717) is 11.5 Å². The average molecular weight is 334 g/mol. The molecule has 134 valence electrons. The Balaban J connectivity index is 1.79. The van der Waals surface area contributed by atoms with Gasteiger partial charge in [0, 0.05) is 19.6 Å². The van der Waals surface area contributed by atoms with Gasteiger partial charge in [-0.05, 0) is 46.1 Å². The minimum atomic E-state index is -0.275. The Labute approximate surface area is 145 Å². The van der Waals surface area contributed by atoms with E-state index >= 15 is 0 Å². The van der Waals surface area contributed by atoms with Gasteiger partial charge in [0.1, 0.15) is 6.10 Å². The van der Waals surface area contributed by atoms with E-state index in [0.717, 1.165) is 32.5 Å². The lowest BCUT2D eigenvalue weighted by Gasteiger charge is -2.31. The molecule has 0 aliphatic carbocycles. The van der Waals surface area contributed by atoms with E-state index < -0.39 is 0 Å². The van der Waals surface area contributed by atoms with Crippen molar-refractivity contribution in [1.29, 1.82) is 0 Å². The maximum absolute atomic E-state index is 12.1. The molecular weight excluding hydrogens is 304 g/mol. The number of benzene rings is 1. The van der Waals surface area contributed by atoms with Crippen LogP contribution in [0.3, 0.4) is 0 Å². The normalized spacial score (nSPS) is 17.8. The molecule has 0 radical (unpaired) electrons. The summed E-state index contributed by atoms with van der Waals surface area (Å²) in [7, 11) is 0. The van der Waals surface area contributed by atoms with E-state index in [9.17, 15) is 5.21 Å². The highest BCUT2D eigenvalue weighted by molar-refractivity contribution is 5.14. The summed E-state index contributed by atoms with van der Waals surface area (Å²) in [6.07, 6.45) is 1.81. The van der Waals surface area contributed by atoms with Crippen molar-refractivity contribution < 1.29 is 9.81 Å². The number of nitrogens with zero attached hydrogens (tertiary/aromatic N) is 4. The zero-order valence-corrected chi connectivity index (χ0v) is 15.3. The first kappa shape index (κ1) is 18.5. The first-order valence-corrected chi connectivity index (χ1v) is 8.78. The number of likely N-dealkylation sites (tertiary alicyclic amines) is 1. The molecular formula is C18H30N4O2. The van der Waals surface area contributed by atoms with Gasteiger partial charge in [0.25, 0.3) is 0 Å². The highest BCUT2D eigenvalue weighted by atomic mass is 16.7. The Morgan fingerprint density at radius 2 is 1.88 bits per heavy atom. The fourth-order valence-electron chi connectivity index (χ4n) is 3.02. The molecule has 6 nitrogen and oxygen atoms in total. The maximum Gasteiger partial charge on any atom is 0.233 e. The highest BCUT2D eigenvalue weighted by Crippen LogP contribution is 2.18. The van der Waals surface area contributed by atoms with Gasteiger partial charge in [0.2, 0.25) is 5.28 Å². The largest absolute Gasteiger partial charge is 0.569 e. The molecule has 1 fully saturated rings. The molecule has 0 amide bonds. The summed E-state index contributed by atoms with van der Waals surface area (Å²) >= 11 is 0. The Bertz CT molecular complexity index is 520. The molecule has 1 aromatic carbocycles. The highest BCUT2D eigenvalue weighted by Gasteiger charge is 2.28. The van der Waals surface area contributed by atoms with Crippen LogP contribution in [0, 0.1) is 5.21 Å². The molecule has 1 heterocycles. The third-order valence-electron chi connectivity index (χ3n) is 4.33. The van der Waals surface area contributed by atoms with Crippen LogP contribution in [0.2, 0.25) is 0 Å². The minimum Gasteiger partial charge on any atom is -0.569 e. The van der Waals surface area contributed by atoms with Crippen molar-refractivity contribution in [3.63, 3.8) is 0 Å². The summed E-state index contributed by atoms with van der Waals surface area (Å²) in [6, 6.07) is 10.5. The molecule has 0 unspecified atom stereocenters. The van der Waals surface area contributed by atoms with Gasteiger partial charge in [-0.2, -0.15) is 0 Å². The van der Waals surface area contributed by atoms with Crippen molar-refractivity contribution >= 4 is 0 Å². The van der Waals surface area contributed by atoms with Gasteiger partial charge in [-0.15, -0.1) is 5.01 Å². The summed E-state index contributed by atoms with van der Waals surface area (Å²) in [4.78, 5) is 8.50. The first-order chi connectivity index (χ1) is 11.4. The quantitative estimate of drug-likeness (QED) is 0.453. The number of rotatable bonds is 6. The van der Waals surface area contributed by atoms with Crippen molar-refractivity contribution in [2.75, 3.05) is 19.6 Å². The summed E-state index contributed by atoms with van der Waals surface area (Å²) in [5.41, 5.74) is 1.05. The number of piperidine rings is 1. The van der Waals surface area contributed by atoms with Crippen LogP contribution in [0.15, 0.2) is 35.6 Å². The summed E-state index contributed by atoms with van der Waals surface area (Å²) < 4.78 is 0. The monoisotopic (exact) mass is 334 g/mol. The number of hydrazine groups is 1. The third kappa shape index (κ3) is 5.37. The molecule has 1 aromatic rings. The fourth-order valence-corrected chi connectivity index (χ4v) is 3.02. The fraction of sp³-hybridized carbons (Fsp3) is 0.667. The van der Waals surface area contributed by atoms with E-state index in [2.05, 4.69) is 34.4 Å². The van der Waals surface area contributed by atoms with E-state index in [1.807, 2.05) is 33.8 Å². The van der Waals surface area contributed by atoms with E-state index in [4.69, 9.17) is 4.84 Å². The molecule has 24 heavy (non-hydrogen) atoms. The smallest absolute Gasteiger partial charge is 0.233 e. The Morgan fingerprint density at radius 3 is 2.42 bits per heavy atom. The zero-order valence-electron chi connectivity index (χ0n) is 15.3. The summed E-state index contributed by atoms with van der Waals surface area (Å²) in [5.74, 6) is 0. The van der Waals surface area contributed by atoms with Crippen molar-refractivity contribution in [3.8, 4) is 0 Å². The molecule has 0 N–H and O–H groups in total. The van der Waals surface area contributed by atoms with Crippen LogP contribution in [0.4, 0.5) is 0 Å². The molecule has 0 aromatic heterocycles. The average Bonchev–Trinajstić information content (AvgIpc) is 2.54. The first-order valence-electron chi connectivity index (χ1n) is 8.78. The van der Waals surface area contributed by atoms with Crippen LogP contribution in [-0.4, -0.2) is 46.2 Å². The molecule has 1 saturated heterocycles. The van der Waals surface area contributed by atoms with Gasteiger partial charge >= 0.3 is 0 Å². The lowest BCUT2D eigenvalue weighted by Crippen LogP contribution is -2.45. The predicted octanol–water partition coefficient (Wildman–Crippen LogP) is 3.58. The SMILES string of the molecule is CCN(/[N+]([O-])=N\OC1CCN(Cc2ccccc2)CC1)C(C)(C)C. The number of hydrogen-bond donors (Lipinski definition) is 0. The molecule has 0 saturated carbocycles. The van der Waals surface area contributed by atoms with Crippen molar-refractivity contribution in [1.82, 2.24) is 9.91 Å². The van der Waals surface area contributed by atoms with Crippen molar-refractivity contribution in [3.05, 3.63) is 41.1 Å². The topological polar surface area (TPSA) is 54.1 Å². The van der Waals surface area contributed by atoms with Crippen molar-refractivity contribution in [2.24, 2.45) is 5.28 Å². The molecule has 1 aliphatic heterocycles. The molecule has 0 atom stereocenters. The zero-order chi connectivity index (χ0) is 17.6. The van der Waals surface area contributed by atoms with Crippen LogP contribution in [0.1, 0.15) is 46.1 Å². The second kappa shape index (κ2) is 8.33. The standard InChI is InChI=1S/C18H30N4O2/c1-5-21(18(2,3)4)22(23)19-24-17-11-13-20(14-12-17)15-16-9-7-6-8-10-16/h6-10,17H,5,11-15H2,1-4H3/b22-19+. The van der Waals surface area contributed by atoms with E-state index in [1.165, 1.54) is 5.56 Å². The van der Waals surface area contributed by atoms with Gasteiger partial charge in [-0.3, -0.25) is 4.90 Å². The van der Waals surface area contributed by atoms with Gasteiger partial charge in [0.15, 0.2) is 0 Å². The minimum absolute atomic E-state index is 0.0205. The molecule has 0 spiro atoms. The van der Waals surface area contributed by atoms with Crippen LogP contribution < -0.4 is 0 Å². The lowest BCUT2D eigenvalue weighted by molar-refractivity contribution is -0.725. The molecule has 1 aliphatic rings. The van der Waals surface area contributed by atoms with Crippen LogP contribution in [0.25, 0.3) is 0 Å². The Morgan fingerprint density at radius 1 is 1.25 bits per heavy atom. The van der Waals surface area contributed by atoms with Gasteiger partial charge < -0.3 is 10.0 Å². The predicted molar refractivity (Wildman–Crippen MR) is 94.0 cm³/mol. The number of hydrogen-bond acceptors (Lipinski definition) is 4. The van der Waals surface area contributed by atoms with Gasteiger partial charge in [-0.1, -0.05) is 30.3 Å². The summed E-state index contributed by atoms with van der Waals surface area (Å²) in [5, 5.41) is 17.5. The summed E-state index contributed by atoms with van der Waals surface area (Å²) in [6.45, 7) is 11.4. The van der Waals surface area contributed by atoms with Gasteiger partial charge in [-0.25, -0.2) is 0 Å². The lowest BCUT2D eigenvalue weighted by atomic mass is 10.1. The Hall–Kier alpha value is -1.82. The van der Waals surface area contributed by atoms with Crippen LogP contribution in [0.5, 0.6) is 0 Å². The van der Waals surface area contributed by atoms with E-state index in [1.54, 1.807) is 5.01 Å². The van der Waals surface area contributed by atoms with Gasteiger partial charge in [0.05, 0.1) is 17.1 Å². The Kier molecular flexibility index (Phi) is 6.43. The van der Waals surface area contributed by atoms with Crippen LogP contribution in [-0.2, 0) is 11.4 Å². The molecule has 6 heteroatoms. The van der Waals surface area contributed by atoms with Crippen LogP contribution >= 0.6 is 0 Å². The maximum atomic E-state index is 12.1. The van der Waals surface area contributed by atoms with Crippen molar-refractivity contribution in [2.45, 2.75) is 58.7 Å².